The Morgan fingerprint density at radius 3 is 2.92 bits per heavy atom. The smallest absolute Gasteiger partial charge is 0.0800 e. The van der Waals surface area contributed by atoms with Crippen molar-refractivity contribution < 1.29 is 0 Å². The molecule has 0 saturated heterocycles. The van der Waals surface area contributed by atoms with Crippen molar-refractivity contribution in [3.05, 3.63) is 34.9 Å². The van der Waals surface area contributed by atoms with Gasteiger partial charge in [0.05, 0.1) is 11.5 Å². The lowest BCUT2D eigenvalue weighted by atomic mass is 9.85. The second kappa shape index (κ2) is 2.60. The molecular formula is C12H13N. The molecule has 1 aliphatic carbocycles. The molecule has 1 atom stereocenters. The van der Waals surface area contributed by atoms with E-state index in [1.165, 1.54) is 16.7 Å². The topological polar surface area (TPSA) is 23.8 Å². The van der Waals surface area contributed by atoms with E-state index in [2.05, 4.69) is 31.2 Å². The summed E-state index contributed by atoms with van der Waals surface area (Å²) >= 11 is 0. The van der Waals surface area contributed by atoms with Crippen LogP contribution in [0.15, 0.2) is 18.2 Å². The Balaban J connectivity index is 2.60. The third-order valence-corrected chi connectivity index (χ3v) is 3.00. The molecule has 0 saturated carbocycles. The lowest BCUT2D eigenvalue weighted by Crippen LogP contribution is -2.14. The van der Waals surface area contributed by atoms with Crippen molar-refractivity contribution in [2.45, 2.75) is 32.1 Å². The SMILES string of the molecule is Cc1ccc2c(c1)C(C)(C#N)CC2. The Labute approximate surface area is 79.0 Å². The van der Waals surface area contributed by atoms with Gasteiger partial charge in [-0.2, -0.15) is 5.26 Å². The van der Waals surface area contributed by atoms with E-state index in [9.17, 15) is 0 Å². The lowest BCUT2D eigenvalue weighted by Gasteiger charge is -2.15. The molecule has 0 amide bonds. The maximum atomic E-state index is 9.11. The van der Waals surface area contributed by atoms with Crippen LogP contribution >= 0.6 is 0 Å². The number of hydrogen-bond donors (Lipinski definition) is 0. The van der Waals surface area contributed by atoms with Crippen LogP contribution in [0.5, 0.6) is 0 Å². The minimum Gasteiger partial charge on any atom is -0.197 e. The molecule has 2 rings (SSSR count). The monoisotopic (exact) mass is 171 g/mol. The molecule has 1 nitrogen and oxygen atoms in total. The van der Waals surface area contributed by atoms with Gasteiger partial charge in [-0.05, 0) is 37.8 Å². The van der Waals surface area contributed by atoms with Gasteiger partial charge in [0.15, 0.2) is 0 Å². The normalized spacial score (nSPS) is 25.3. The number of hydrogen-bond acceptors (Lipinski definition) is 1. The predicted octanol–water partition coefficient (Wildman–Crippen LogP) is 2.72. The number of benzene rings is 1. The fourth-order valence-corrected chi connectivity index (χ4v) is 2.06. The molecule has 0 radical (unpaired) electrons. The van der Waals surface area contributed by atoms with Crippen molar-refractivity contribution in [2.75, 3.05) is 0 Å². The zero-order valence-corrected chi connectivity index (χ0v) is 8.09. The average molecular weight is 171 g/mol. The Hall–Kier alpha value is -1.29. The van der Waals surface area contributed by atoms with Crippen molar-refractivity contribution in [2.24, 2.45) is 0 Å². The second-order valence-electron chi connectivity index (χ2n) is 4.10. The molecule has 0 spiro atoms. The third-order valence-electron chi connectivity index (χ3n) is 3.00. The number of rotatable bonds is 0. The van der Waals surface area contributed by atoms with Crippen LogP contribution in [0.1, 0.15) is 30.0 Å². The van der Waals surface area contributed by atoms with Crippen molar-refractivity contribution >= 4 is 0 Å². The number of fused-ring (bicyclic) bond motifs is 1. The van der Waals surface area contributed by atoms with Crippen LogP contribution in [0.3, 0.4) is 0 Å². The molecule has 1 aromatic carbocycles. The van der Waals surface area contributed by atoms with Gasteiger partial charge in [0.25, 0.3) is 0 Å². The van der Waals surface area contributed by atoms with Crippen LogP contribution in [0, 0.1) is 18.3 Å². The summed E-state index contributed by atoms with van der Waals surface area (Å²) in [5.41, 5.74) is 3.62. The highest BCUT2D eigenvalue weighted by atomic mass is 14.4. The zero-order chi connectivity index (χ0) is 9.47. The summed E-state index contributed by atoms with van der Waals surface area (Å²) in [5.74, 6) is 0. The van der Waals surface area contributed by atoms with Crippen LogP contribution in [0.25, 0.3) is 0 Å². The van der Waals surface area contributed by atoms with E-state index < -0.39 is 0 Å². The van der Waals surface area contributed by atoms with Crippen molar-refractivity contribution in [1.29, 1.82) is 5.26 Å². The summed E-state index contributed by atoms with van der Waals surface area (Å²) in [7, 11) is 0. The molecule has 1 aromatic rings. The highest BCUT2D eigenvalue weighted by Gasteiger charge is 2.33. The van der Waals surface area contributed by atoms with E-state index in [1.54, 1.807) is 0 Å². The molecule has 0 heterocycles. The van der Waals surface area contributed by atoms with Crippen LogP contribution in [0.2, 0.25) is 0 Å². The molecule has 0 bridgehead atoms. The Morgan fingerprint density at radius 1 is 1.46 bits per heavy atom. The number of nitriles is 1. The number of aryl methyl sites for hydroxylation is 2. The van der Waals surface area contributed by atoms with E-state index in [4.69, 9.17) is 5.26 Å². The highest BCUT2D eigenvalue weighted by molar-refractivity contribution is 5.45. The van der Waals surface area contributed by atoms with Gasteiger partial charge in [-0.15, -0.1) is 0 Å². The Bertz CT molecular complexity index is 387. The Kier molecular flexibility index (Phi) is 1.66. The van der Waals surface area contributed by atoms with Gasteiger partial charge in [0.2, 0.25) is 0 Å². The quantitative estimate of drug-likeness (QED) is 0.588. The molecule has 0 aromatic heterocycles. The molecule has 1 heteroatoms. The van der Waals surface area contributed by atoms with Gasteiger partial charge in [-0.3, -0.25) is 0 Å². The summed E-state index contributed by atoms with van der Waals surface area (Å²) in [6.07, 6.45) is 2.03. The van der Waals surface area contributed by atoms with Gasteiger partial charge >= 0.3 is 0 Å². The molecule has 13 heavy (non-hydrogen) atoms. The summed E-state index contributed by atoms with van der Waals surface area (Å²) in [6.45, 7) is 4.12. The maximum absolute atomic E-state index is 9.11. The lowest BCUT2D eigenvalue weighted by molar-refractivity contribution is 0.603. The van der Waals surface area contributed by atoms with Crippen molar-refractivity contribution in [1.82, 2.24) is 0 Å². The van der Waals surface area contributed by atoms with Gasteiger partial charge in [0, 0.05) is 0 Å². The molecule has 1 unspecified atom stereocenters. The first-order chi connectivity index (χ1) is 6.15. The first-order valence-electron chi connectivity index (χ1n) is 4.67. The van der Waals surface area contributed by atoms with Gasteiger partial charge in [-0.1, -0.05) is 23.8 Å². The van der Waals surface area contributed by atoms with Gasteiger partial charge in [0.1, 0.15) is 0 Å². The van der Waals surface area contributed by atoms with E-state index in [1.807, 2.05) is 6.92 Å². The first kappa shape index (κ1) is 8.31. The largest absolute Gasteiger partial charge is 0.197 e. The molecule has 66 valence electrons. The summed E-state index contributed by atoms with van der Waals surface area (Å²) < 4.78 is 0. The molecular weight excluding hydrogens is 158 g/mol. The van der Waals surface area contributed by atoms with Crippen LogP contribution in [-0.4, -0.2) is 0 Å². The fourth-order valence-electron chi connectivity index (χ4n) is 2.06. The summed E-state index contributed by atoms with van der Waals surface area (Å²) in [6, 6.07) is 8.87. The molecule has 1 aliphatic rings. The van der Waals surface area contributed by atoms with E-state index >= 15 is 0 Å². The zero-order valence-electron chi connectivity index (χ0n) is 8.09. The molecule has 0 N–H and O–H groups in total. The first-order valence-corrected chi connectivity index (χ1v) is 4.67. The second-order valence-corrected chi connectivity index (χ2v) is 4.10. The fraction of sp³-hybridized carbons (Fsp3) is 0.417. The summed E-state index contributed by atoms with van der Waals surface area (Å²) in [4.78, 5) is 0. The minimum atomic E-state index is -0.235. The number of nitrogens with zero attached hydrogens (tertiary/aromatic N) is 1. The average Bonchev–Trinajstić information content (AvgIpc) is 2.45. The van der Waals surface area contributed by atoms with Crippen LogP contribution in [0.4, 0.5) is 0 Å². The summed E-state index contributed by atoms with van der Waals surface area (Å²) in [5, 5.41) is 9.11. The van der Waals surface area contributed by atoms with E-state index in [0.717, 1.165) is 12.8 Å². The third kappa shape index (κ3) is 1.14. The molecule has 0 fully saturated rings. The van der Waals surface area contributed by atoms with Crippen LogP contribution < -0.4 is 0 Å². The molecule has 0 aliphatic heterocycles. The standard InChI is InChI=1S/C12H13N/c1-9-3-4-10-5-6-12(2,8-13)11(10)7-9/h3-4,7H,5-6H2,1-2H3. The van der Waals surface area contributed by atoms with Gasteiger partial charge in [-0.25, -0.2) is 0 Å². The van der Waals surface area contributed by atoms with Crippen molar-refractivity contribution in [3.63, 3.8) is 0 Å². The predicted molar refractivity (Wildman–Crippen MR) is 52.5 cm³/mol. The van der Waals surface area contributed by atoms with E-state index in [-0.39, 0.29) is 5.41 Å². The van der Waals surface area contributed by atoms with E-state index in [0.29, 0.717) is 0 Å². The maximum Gasteiger partial charge on any atom is 0.0800 e. The highest BCUT2D eigenvalue weighted by Crippen LogP contribution is 2.38. The minimum absolute atomic E-state index is 0.235. The van der Waals surface area contributed by atoms with Crippen LogP contribution in [-0.2, 0) is 11.8 Å². The Morgan fingerprint density at radius 2 is 2.23 bits per heavy atom. The van der Waals surface area contributed by atoms with Crippen molar-refractivity contribution in [3.8, 4) is 6.07 Å². The van der Waals surface area contributed by atoms with Gasteiger partial charge < -0.3 is 0 Å².